The van der Waals surface area contributed by atoms with Gasteiger partial charge in [-0.3, -0.25) is 14.8 Å². The molecule has 0 spiro atoms. The lowest BCUT2D eigenvalue weighted by Gasteiger charge is -2.37. The Balaban J connectivity index is 1.43. The molecule has 0 bridgehead atoms. The van der Waals surface area contributed by atoms with Gasteiger partial charge in [-0.15, -0.1) is 0 Å². The summed E-state index contributed by atoms with van der Waals surface area (Å²) in [4.78, 5) is 34.1. The molecule has 138 valence electrons. The van der Waals surface area contributed by atoms with E-state index >= 15 is 0 Å². The summed E-state index contributed by atoms with van der Waals surface area (Å²) >= 11 is 0. The lowest BCUT2D eigenvalue weighted by Crippen LogP contribution is -2.45. The molecule has 1 aliphatic rings. The number of piperidine rings is 1. The van der Waals surface area contributed by atoms with Crippen molar-refractivity contribution in [2.45, 2.75) is 25.8 Å². The molecule has 7 nitrogen and oxygen atoms in total. The van der Waals surface area contributed by atoms with Crippen LogP contribution in [0.5, 0.6) is 0 Å². The summed E-state index contributed by atoms with van der Waals surface area (Å²) in [6, 6.07) is 7.88. The van der Waals surface area contributed by atoms with Crippen molar-refractivity contribution in [1.29, 1.82) is 0 Å². The number of benzene rings is 1. The van der Waals surface area contributed by atoms with Crippen LogP contribution in [0.1, 0.15) is 28.9 Å². The Morgan fingerprint density at radius 3 is 2.52 bits per heavy atom. The van der Waals surface area contributed by atoms with Gasteiger partial charge in [-0.25, -0.2) is 9.97 Å². The SMILES string of the molecule is Cc1cc(N(C)C2CCN(C(=O)c3ccc4nccnc4c3)CC2)ncn1. The number of hydrogen-bond donors (Lipinski definition) is 0. The van der Waals surface area contributed by atoms with Gasteiger partial charge >= 0.3 is 0 Å². The lowest BCUT2D eigenvalue weighted by molar-refractivity contribution is 0.0713. The molecule has 1 fully saturated rings. The predicted molar refractivity (Wildman–Crippen MR) is 104 cm³/mol. The van der Waals surface area contributed by atoms with Crippen LogP contribution in [-0.4, -0.2) is 56.9 Å². The fourth-order valence-electron chi connectivity index (χ4n) is 3.56. The van der Waals surface area contributed by atoms with E-state index in [1.807, 2.05) is 36.1 Å². The number of hydrogen-bond acceptors (Lipinski definition) is 6. The van der Waals surface area contributed by atoms with Crippen LogP contribution in [0, 0.1) is 6.92 Å². The topological polar surface area (TPSA) is 75.1 Å². The average Bonchev–Trinajstić information content (AvgIpc) is 2.72. The zero-order valence-electron chi connectivity index (χ0n) is 15.5. The molecule has 27 heavy (non-hydrogen) atoms. The van der Waals surface area contributed by atoms with Crippen LogP contribution in [0.2, 0.25) is 0 Å². The van der Waals surface area contributed by atoms with Gasteiger partial charge in [0, 0.05) is 55.9 Å². The van der Waals surface area contributed by atoms with Gasteiger partial charge in [0.1, 0.15) is 12.1 Å². The van der Waals surface area contributed by atoms with Crippen LogP contribution in [-0.2, 0) is 0 Å². The Bertz CT molecular complexity index is 967. The van der Waals surface area contributed by atoms with Gasteiger partial charge in [-0.1, -0.05) is 0 Å². The third-order valence-corrected chi connectivity index (χ3v) is 5.17. The van der Waals surface area contributed by atoms with Crippen molar-refractivity contribution in [3.05, 3.63) is 54.2 Å². The second-order valence-electron chi connectivity index (χ2n) is 6.91. The van der Waals surface area contributed by atoms with Crippen LogP contribution in [0.3, 0.4) is 0 Å². The van der Waals surface area contributed by atoms with Gasteiger partial charge in [-0.2, -0.15) is 0 Å². The zero-order valence-corrected chi connectivity index (χ0v) is 15.5. The minimum Gasteiger partial charge on any atom is -0.356 e. The first-order chi connectivity index (χ1) is 13.1. The first-order valence-corrected chi connectivity index (χ1v) is 9.13. The monoisotopic (exact) mass is 362 g/mol. The molecule has 7 heteroatoms. The summed E-state index contributed by atoms with van der Waals surface area (Å²) in [6.45, 7) is 3.43. The van der Waals surface area contributed by atoms with Crippen LogP contribution in [0.15, 0.2) is 43.0 Å². The smallest absolute Gasteiger partial charge is 0.253 e. The average molecular weight is 362 g/mol. The van der Waals surface area contributed by atoms with E-state index in [9.17, 15) is 4.79 Å². The number of aromatic nitrogens is 4. The third kappa shape index (κ3) is 3.58. The first-order valence-electron chi connectivity index (χ1n) is 9.13. The van der Waals surface area contributed by atoms with Crippen molar-refractivity contribution < 1.29 is 4.79 Å². The molecular formula is C20H22N6O. The number of aryl methyl sites for hydroxylation is 1. The quantitative estimate of drug-likeness (QED) is 0.712. The van der Waals surface area contributed by atoms with E-state index in [1.165, 1.54) is 0 Å². The van der Waals surface area contributed by atoms with Gasteiger partial charge in [0.05, 0.1) is 11.0 Å². The van der Waals surface area contributed by atoms with Crippen molar-refractivity contribution in [1.82, 2.24) is 24.8 Å². The second kappa shape index (κ2) is 7.26. The van der Waals surface area contributed by atoms with Crippen LogP contribution < -0.4 is 4.90 Å². The van der Waals surface area contributed by atoms with Gasteiger partial charge in [0.15, 0.2) is 0 Å². The Morgan fingerprint density at radius 1 is 1.04 bits per heavy atom. The molecule has 1 amide bonds. The Hall–Kier alpha value is -3.09. The number of carbonyl (C=O) groups excluding carboxylic acids is 1. The minimum atomic E-state index is 0.0570. The minimum absolute atomic E-state index is 0.0570. The molecular weight excluding hydrogens is 340 g/mol. The molecule has 3 heterocycles. The number of amides is 1. The van der Waals surface area contributed by atoms with E-state index in [0.29, 0.717) is 11.6 Å². The fraction of sp³-hybridized carbons (Fsp3) is 0.350. The van der Waals surface area contributed by atoms with E-state index in [4.69, 9.17) is 0 Å². The van der Waals surface area contributed by atoms with Crippen LogP contribution in [0.25, 0.3) is 11.0 Å². The highest BCUT2D eigenvalue weighted by atomic mass is 16.2. The predicted octanol–water partition coefficient (Wildman–Crippen LogP) is 2.47. The molecule has 0 radical (unpaired) electrons. The summed E-state index contributed by atoms with van der Waals surface area (Å²) in [5.41, 5.74) is 3.17. The second-order valence-corrected chi connectivity index (χ2v) is 6.91. The molecule has 4 rings (SSSR count). The van der Waals surface area contributed by atoms with E-state index in [-0.39, 0.29) is 5.91 Å². The van der Waals surface area contributed by atoms with Crippen molar-refractivity contribution in [3.8, 4) is 0 Å². The number of rotatable bonds is 3. The maximum atomic E-state index is 12.9. The normalized spacial score (nSPS) is 15.1. The summed E-state index contributed by atoms with van der Waals surface area (Å²) in [5.74, 6) is 0.988. The highest BCUT2D eigenvalue weighted by molar-refractivity contribution is 5.97. The summed E-state index contributed by atoms with van der Waals surface area (Å²) in [5, 5.41) is 0. The van der Waals surface area contributed by atoms with Crippen molar-refractivity contribution in [2.75, 3.05) is 25.0 Å². The molecule has 2 aromatic heterocycles. The van der Waals surface area contributed by atoms with E-state index in [1.54, 1.807) is 18.7 Å². The van der Waals surface area contributed by atoms with Crippen LogP contribution >= 0.6 is 0 Å². The number of carbonyl (C=O) groups is 1. The number of likely N-dealkylation sites (tertiary alicyclic amines) is 1. The van der Waals surface area contributed by atoms with E-state index < -0.39 is 0 Å². The molecule has 0 aliphatic carbocycles. The summed E-state index contributed by atoms with van der Waals surface area (Å²) < 4.78 is 0. The molecule has 0 unspecified atom stereocenters. The van der Waals surface area contributed by atoms with Gasteiger partial charge in [0.25, 0.3) is 5.91 Å². The van der Waals surface area contributed by atoms with Crippen molar-refractivity contribution in [2.24, 2.45) is 0 Å². The van der Waals surface area contributed by atoms with Crippen molar-refractivity contribution in [3.63, 3.8) is 0 Å². The Kier molecular flexibility index (Phi) is 4.66. The maximum Gasteiger partial charge on any atom is 0.253 e. The molecule has 3 aromatic rings. The standard InChI is InChI=1S/C20H22N6O/c1-14-11-19(24-13-23-14)25(2)16-5-9-26(10-6-16)20(27)15-3-4-17-18(12-15)22-8-7-21-17/h3-4,7-8,11-13,16H,5-6,9-10H2,1-2H3. The summed E-state index contributed by atoms with van der Waals surface area (Å²) in [6.07, 6.45) is 6.73. The number of fused-ring (bicyclic) bond motifs is 1. The van der Waals surface area contributed by atoms with Gasteiger partial charge in [0.2, 0.25) is 0 Å². The molecule has 0 saturated carbocycles. The van der Waals surface area contributed by atoms with Gasteiger partial charge < -0.3 is 9.80 Å². The summed E-state index contributed by atoms with van der Waals surface area (Å²) in [7, 11) is 2.06. The number of anilines is 1. The van der Waals surface area contributed by atoms with Crippen molar-refractivity contribution >= 4 is 22.8 Å². The maximum absolute atomic E-state index is 12.9. The lowest BCUT2D eigenvalue weighted by atomic mass is 10.0. The largest absolute Gasteiger partial charge is 0.356 e. The fourth-order valence-corrected chi connectivity index (χ4v) is 3.56. The Morgan fingerprint density at radius 2 is 1.78 bits per heavy atom. The van der Waals surface area contributed by atoms with E-state index in [0.717, 1.165) is 48.5 Å². The third-order valence-electron chi connectivity index (χ3n) is 5.17. The molecule has 1 saturated heterocycles. The number of nitrogens with zero attached hydrogens (tertiary/aromatic N) is 6. The van der Waals surface area contributed by atoms with Gasteiger partial charge in [-0.05, 0) is 38.0 Å². The highest BCUT2D eigenvalue weighted by Gasteiger charge is 2.26. The van der Waals surface area contributed by atoms with Crippen LogP contribution in [0.4, 0.5) is 5.82 Å². The zero-order chi connectivity index (χ0) is 18.8. The highest BCUT2D eigenvalue weighted by Crippen LogP contribution is 2.22. The molecule has 0 N–H and O–H groups in total. The molecule has 1 aromatic carbocycles. The molecule has 0 atom stereocenters. The Labute approximate surface area is 158 Å². The van der Waals surface area contributed by atoms with E-state index in [2.05, 4.69) is 31.9 Å². The first kappa shape index (κ1) is 17.3. The molecule has 1 aliphatic heterocycles.